The van der Waals surface area contributed by atoms with Crippen molar-refractivity contribution in [3.05, 3.63) is 72.4 Å². The van der Waals surface area contributed by atoms with Gasteiger partial charge in [0.2, 0.25) is 0 Å². The highest BCUT2D eigenvalue weighted by Gasteiger charge is 2.14. The van der Waals surface area contributed by atoms with Gasteiger partial charge in [-0.15, -0.1) is 0 Å². The van der Waals surface area contributed by atoms with E-state index < -0.39 is 16.9 Å². The molecule has 7 heteroatoms. The van der Waals surface area contributed by atoms with E-state index in [4.69, 9.17) is 27.6 Å². The number of hydrogen-bond acceptors (Lipinski definition) is 4. The molecule has 5 nitrogen and oxygen atoms in total. The summed E-state index contributed by atoms with van der Waals surface area (Å²) in [6.45, 7) is 1.96. The lowest BCUT2D eigenvalue weighted by molar-refractivity contribution is 0.466. The van der Waals surface area contributed by atoms with Crippen LogP contribution in [0.15, 0.2) is 44.3 Å². The average molecular weight is 352 g/mol. The van der Waals surface area contributed by atoms with Gasteiger partial charge in [0.15, 0.2) is 0 Å². The number of fused-ring (bicyclic) bond motifs is 1. The van der Waals surface area contributed by atoms with Crippen LogP contribution >= 0.6 is 23.2 Å². The number of aromatic nitrogens is 1. The first-order chi connectivity index (χ1) is 10.9. The van der Waals surface area contributed by atoms with Gasteiger partial charge in [0.05, 0.1) is 22.7 Å². The van der Waals surface area contributed by atoms with E-state index in [1.165, 1.54) is 10.6 Å². The molecule has 0 amide bonds. The first-order valence-electron chi connectivity index (χ1n) is 6.68. The molecule has 2 heterocycles. The van der Waals surface area contributed by atoms with E-state index >= 15 is 0 Å². The summed E-state index contributed by atoms with van der Waals surface area (Å²) in [7, 11) is 0. The minimum Gasteiger partial charge on any atom is -0.507 e. The van der Waals surface area contributed by atoms with Gasteiger partial charge >= 0.3 is 5.63 Å². The van der Waals surface area contributed by atoms with Crippen molar-refractivity contribution in [3.63, 3.8) is 0 Å². The smallest absolute Gasteiger partial charge is 0.339 e. The first kappa shape index (κ1) is 15.6. The zero-order valence-corrected chi connectivity index (χ0v) is 13.5. The summed E-state index contributed by atoms with van der Waals surface area (Å²) in [6.07, 6.45) is 0. The van der Waals surface area contributed by atoms with Crippen molar-refractivity contribution in [1.29, 1.82) is 0 Å². The summed E-state index contributed by atoms with van der Waals surface area (Å²) >= 11 is 11.9. The van der Waals surface area contributed by atoms with Crippen molar-refractivity contribution in [3.8, 4) is 5.75 Å². The molecule has 0 radical (unpaired) electrons. The molecular formula is C16H11Cl2NO4. The van der Waals surface area contributed by atoms with Gasteiger partial charge in [-0.2, -0.15) is 0 Å². The van der Waals surface area contributed by atoms with Crippen LogP contribution in [0.1, 0.15) is 11.3 Å². The van der Waals surface area contributed by atoms with Crippen molar-refractivity contribution in [2.24, 2.45) is 0 Å². The highest BCUT2D eigenvalue weighted by atomic mass is 35.5. The highest BCUT2D eigenvalue weighted by Crippen LogP contribution is 2.24. The number of aryl methyl sites for hydroxylation is 1. The molecule has 0 saturated carbocycles. The Balaban J connectivity index is 2.20. The number of nitrogens with zero attached hydrogens (tertiary/aromatic N) is 1. The second-order valence-corrected chi connectivity index (χ2v) is 5.93. The molecule has 0 aliphatic rings. The van der Waals surface area contributed by atoms with Crippen molar-refractivity contribution >= 4 is 34.2 Å². The second kappa shape index (κ2) is 5.76. The molecule has 1 aromatic carbocycles. The lowest BCUT2D eigenvalue weighted by Gasteiger charge is -2.12. The minimum atomic E-state index is -0.712. The molecule has 0 bridgehead atoms. The fourth-order valence-electron chi connectivity index (χ4n) is 2.40. The van der Waals surface area contributed by atoms with Gasteiger partial charge in [0, 0.05) is 11.8 Å². The number of rotatable bonds is 2. The fraction of sp³-hybridized carbons (Fsp3) is 0.125. The molecule has 0 aliphatic heterocycles. The molecule has 1 N–H and O–H groups in total. The number of pyridine rings is 1. The van der Waals surface area contributed by atoms with Crippen LogP contribution < -0.4 is 11.2 Å². The molecule has 0 fully saturated rings. The van der Waals surface area contributed by atoms with Crippen molar-refractivity contribution in [2.75, 3.05) is 0 Å². The Kier molecular flexibility index (Phi) is 3.92. The van der Waals surface area contributed by atoms with Crippen LogP contribution in [0.3, 0.4) is 0 Å². The third-order valence-electron chi connectivity index (χ3n) is 3.52. The maximum absolute atomic E-state index is 12.6. The lowest BCUT2D eigenvalue weighted by atomic mass is 10.2. The van der Waals surface area contributed by atoms with Crippen LogP contribution in [-0.2, 0) is 6.54 Å². The first-order valence-corrected chi connectivity index (χ1v) is 7.43. The van der Waals surface area contributed by atoms with Crippen molar-refractivity contribution in [2.45, 2.75) is 13.5 Å². The Morgan fingerprint density at radius 2 is 1.87 bits per heavy atom. The molecule has 0 aliphatic carbocycles. The van der Waals surface area contributed by atoms with Gasteiger partial charge in [-0.1, -0.05) is 29.3 Å². The average Bonchev–Trinajstić information content (AvgIpc) is 2.46. The van der Waals surface area contributed by atoms with Crippen LogP contribution in [0, 0.1) is 6.92 Å². The molecule has 23 heavy (non-hydrogen) atoms. The molecule has 0 saturated heterocycles. The molecule has 118 valence electrons. The van der Waals surface area contributed by atoms with E-state index in [-0.39, 0.29) is 17.5 Å². The third-order valence-corrected chi connectivity index (χ3v) is 4.26. The zero-order chi connectivity index (χ0) is 16.7. The molecule has 3 aromatic rings. The fourth-order valence-corrected chi connectivity index (χ4v) is 2.72. The number of aromatic hydroxyl groups is 1. The zero-order valence-electron chi connectivity index (χ0n) is 12.0. The van der Waals surface area contributed by atoms with E-state index in [0.29, 0.717) is 15.7 Å². The molecule has 2 aromatic heterocycles. The largest absolute Gasteiger partial charge is 0.507 e. The Morgan fingerprint density at radius 3 is 2.57 bits per heavy atom. The molecular weight excluding hydrogens is 341 g/mol. The Labute approximate surface area is 140 Å². The van der Waals surface area contributed by atoms with E-state index in [9.17, 15) is 14.7 Å². The molecule has 0 spiro atoms. The molecule has 0 atom stereocenters. The van der Waals surface area contributed by atoms with Gasteiger partial charge < -0.3 is 14.1 Å². The van der Waals surface area contributed by atoms with Crippen LogP contribution in [-0.4, -0.2) is 9.67 Å². The van der Waals surface area contributed by atoms with Crippen LogP contribution in [0.4, 0.5) is 0 Å². The standard InChI is InChI=1S/C16H11Cl2NO4/c1-8-4-13-15(12(20)6-14(21)23-13)16(22)19(8)7-9-2-3-10(17)11(18)5-9/h2-6,20H,7H2,1H3. The van der Waals surface area contributed by atoms with Crippen molar-refractivity contribution < 1.29 is 9.52 Å². The summed E-state index contributed by atoms with van der Waals surface area (Å²) in [5.41, 5.74) is 0.259. The summed E-state index contributed by atoms with van der Waals surface area (Å²) in [5, 5.41) is 10.7. The quantitative estimate of drug-likeness (QED) is 0.768. The maximum atomic E-state index is 12.6. The number of benzene rings is 1. The maximum Gasteiger partial charge on any atom is 0.339 e. The summed E-state index contributed by atoms with van der Waals surface area (Å²) < 4.78 is 6.44. The predicted molar refractivity (Wildman–Crippen MR) is 88.7 cm³/mol. The van der Waals surface area contributed by atoms with Crippen LogP contribution in [0.25, 0.3) is 11.0 Å². The number of hydrogen-bond donors (Lipinski definition) is 1. The second-order valence-electron chi connectivity index (χ2n) is 5.12. The Bertz CT molecular complexity index is 1040. The van der Waals surface area contributed by atoms with E-state index in [1.807, 2.05) is 0 Å². The third kappa shape index (κ3) is 2.85. The lowest BCUT2D eigenvalue weighted by Crippen LogP contribution is -2.23. The van der Waals surface area contributed by atoms with Gasteiger partial charge in [0.25, 0.3) is 5.56 Å². The SMILES string of the molecule is Cc1cc2oc(=O)cc(O)c2c(=O)n1Cc1ccc(Cl)c(Cl)c1. The minimum absolute atomic E-state index is 0.0322. The Morgan fingerprint density at radius 1 is 1.13 bits per heavy atom. The van der Waals surface area contributed by atoms with Crippen LogP contribution in [0.2, 0.25) is 10.0 Å². The van der Waals surface area contributed by atoms with Crippen molar-refractivity contribution in [1.82, 2.24) is 4.57 Å². The monoisotopic (exact) mass is 351 g/mol. The normalized spacial score (nSPS) is 11.1. The molecule has 0 unspecified atom stereocenters. The topological polar surface area (TPSA) is 72.4 Å². The summed E-state index contributed by atoms with van der Waals surface area (Å²) in [4.78, 5) is 23.9. The van der Waals surface area contributed by atoms with E-state index in [1.54, 1.807) is 25.1 Å². The summed E-state index contributed by atoms with van der Waals surface area (Å²) in [6, 6.07) is 7.50. The van der Waals surface area contributed by atoms with Gasteiger partial charge in [-0.05, 0) is 24.6 Å². The van der Waals surface area contributed by atoms with E-state index in [0.717, 1.165) is 11.6 Å². The predicted octanol–water partition coefficient (Wildman–Crippen LogP) is 3.32. The highest BCUT2D eigenvalue weighted by molar-refractivity contribution is 6.42. The van der Waals surface area contributed by atoms with Gasteiger partial charge in [0.1, 0.15) is 16.7 Å². The van der Waals surface area contributed by atoms with Gasteiger partial charge in [-0.3, -0.25) is 4.79 Å². The Hall–Kier alpha value is -2.24. The van der Waals surface area contributed by atoms with Gasteiger partial charge in [-0.25, -0.2) is 4.79 Å². The van der Waals surface area contributed by atoms with Crippen LogP contribution in [0.5, 0.6) is 5.75 Å². The number of halogens is 2. The summed E-state index contributed by atoms with van der Waals surface area (Å²) in [5.74, 6) is -0.399. The molecule has 3 rings (SSSR count). The van der Waals surface area contributed by atoms with E-state index in [2.05, 4.69) is 0 Å².